The Morgan fingerprint density at radius 1 is 0.604 bits per heavy atom. The van der Waals surface area contributed by atoms with Gasteiger partial charge >= 0.3 is 11.9 Å². The normalized spacial score (nSPS) is 13.2. The Morgan fingerprint density at radius 2 is 1.00 bits per heavy atom. The third kappa shape index (κ3) is 7.18. The molecule has 5 rings (SSSR count). The van der Waals surface area contributed by atoms with Crippen LogP contribution in [0.2, 0.25) is 0 Å². The Kier molecular flexibility index (Phi) is 10.4. The van der Waals surface area contributed by atoms with E-state index < -0.39 is 0 Å². The molecule has 0 aromatic carbocycles. The first kappa shape index (κ1) is 34.9. The second-order valence-corrected chi connectivity index (χ2v) is 13.4. The second kappa shape index (κ2) is 14.3. The van der Waals surface area contributed by atoms with Crippen molar-refractivity contribution in [3.05, 3.63) is 69.3 Å². The van der Waals surface area contributed by atoms with Gasteiger partial charge in [-0.2, -0.15) is 0 Å². The van der Waals surface area contributed by atoms with Crippen LogP contribution in [0.3, 0.4) is 0 Å². The maximum Gasteiger partial charge on any atom is 0.306 e. The molecule has 0 unspecified atom stereocenters. The van der Waals surface area contributed by atoms with E-state index in [1.165, 1.54) is 22.3 Å². The van der Waals surface area contributed by atoms with E-state index in [-0.39, 0.29) is 37.0 Å². The molecule has 2 aliphatic rings. The molecular weight excluding hydrogens is 600 g/mol. The number of esters is 2. The zero-order chi connectivity index (χ0) is 34.9. The van der Waals surface area contributed by atoms with Crippen molar-refractivity contribution in [1.29, 1.82) is 0 Å². The van der Waals surface area contributed by atoms with Gasteiger partial charge in [-0.15, -0.1) is 0 Å². The van der Waals surface area contributed by atoms with Crippen molar-refractivity contribution in [3.8, 4) is 0 Å². The first-order valence-electron chi connectivity index (χ1n) is 17.3. The molecule has 8 heteroatoms. The molecular formula is C40H50N4O4. The average molecular weight is 651 g/mol. The van der Waals surface area contributed by atoms with Gasteiger partial charge in [0.2, 0.25) is 0 Å². The molecule has 3 aromatic heterocycles. The quantitative estimate of drug-likeness (QED) is 0.212. The van der Waals surface area contributed by atoms with Gasteiger partial charge in [-0.3, -0.25) is 9.59 Å². The van der Waals surface area contributed by atoms with Crippen LogP contribution >= 0.6 is 0 Å². The fraction of sp³-hybridized carbons (Fsp3) is 0.450. The van der Waals surface area contributed by atoms with Crippen LogP contribution in [0.15, 0.2) is 24.3 Å². The first-order chi connectivity index (χ1) is 22.8. The summed E-state index contributed by atoms with van der Waals surface area (Å²) in [6, 6.07) is 8.50. The minimum Gasteiger partial charge on any atom is -0.463 e. The molecule has 3 aromatic rings. The number of nitrogens with zero attached hydrogens (tertiary/aromatic N) is 2. The Balaban J connectivity index is 1.80. The van der Waals surface area contributed by atoms with Crippen molar-refractivity contribution in [1.82, 2.24) is 19.9 Å². The summed E-state index contributed by atoms with van der Waals surface area (Å²) in [5, 5.41) is 0. The molecule has 0 saturated heterocycles. The molecule has 0 amide bonds. The lowest BCUT2D eigenvalue weighted by Crippen LogP contribution is -2.11. The fourth-order valence-electron chi connectivity index (χ4n) is 6.86. The number of aryl methyl sites for hydroxylation is 4. The number of rotatable bonds is 10. The maximum atomic E-state index is 12.7. The summed E-state index contributed by atoms with van der Waals surface area (Å²) in [7, 11) is 0. The second-order valence-electron chi connectivity index (χ2n) is 13.4. The number of hydrogen-bond acceptors (Lipinski definition) is 6. The number of ether oxygens (including phenoxy) is 2. The number of nitrogens with one attached hydrogen (secondary N) is 2. The molecule has 254 valence electrons. The highest BCUT2D eigenvalue weighted by atomic mass is 16.5. The van der Waals surface area contributed by atoms with E-state index in [0.29, 0.717) is 12.8 Å². The SMILES string of the molecule is CCc1c(C)c2cc3[nH]c(cc4nc(cc5nc(cc1[nH]2)C(C)=C5CCC(=O)OC(C)C)C(CCC(=O)OC(C)C)=C4C)c(C)c3CC. The van der Waals surface area contributed by atoms with Crippen LogP contribution in [0.5, 0.6) is 0 Å². The molecule has 0 spiro atoms. The zero-order valence-corrected chi connectivity index (χ0v) is 30.2. The lowest BCUT2D eigenvalue weighted by molar-refractivity contribution is -0.148. The summed E-state index contributed by atoms with van der Waals surface area (Å²) in [5.41, 5.74) is 16.4. The molecule has 0 radical (unpaired) electrons. The zero-order valence-electron chi connectivity index (χ0n) is 30.2. The highest BCUT2D eigenvalue weighted by molar-refractivity contribution is 5.96. The molecule has 0 aliphatic carbocycles. The van der Waals surface area contributed by atoms with E-state index in [0.717, 1.165) is 80.0 Å². The van der Waals surface area contributed by atoms with Gasteiger partial charge in [-0.25, -0.2) is 9.97 Å². The molecule has 0 fully saturated rings. The van der Waals surface area contributed by atoms with Crippen molar-refractivity contribution in [3.63, 3.8) is 0 Å². The van der Waals surface area contributed by atoms with Crippen LogP contribution < -0.4 is 0 Å². The minimum absolute atomic E-state index is 0.174. The van der Waals surface area contributed by atoms with Gasteiger partial charge in [0.1, 0.15) is 0 Å². The maximum absolute atomic E-state index is 12.7. The molecule has 5 heterocycles. The van der Waals surface area contributed by atoms with Crippen LogP contribution in [0.4, 0.5) is 0 Å². The lowest BCUT2D eigenvalue weighted by atomic mass is 9.98. The Morgan fingerprint density at radius 3 is 1.42 bits per heavy atom. The Bertz CT molecular complexity index is 1990. The number of aromatic nitrogens is 4. The third-order valence-corrected chi connectivity index (χ3v) is 9.40. The number of H-pyrrole nitrogens is 2. The highest BCUT2D eigenvalue weighted by Crippen LogP contribution is 2.38. The van der Waals surface area contributed by atoms with Gasteiger partial charge in [0.15, 0.2) is 0 Å². The summed E-state index contributed by atoms with van der Waals surface area (Å²) in [6.07, 6.45) is 2.90. The van der Waals surface area contributed by atoms with Crippen molar-refractivity contribution in [2.75, 3.05) is 0 Å². The van der Waals surface area contributed by atoms with E-state index in [9.17, 15) is 9.59 Å². The number of carbonyl (C=O) groups excluding carboxylic acids is 2. The van der Waals surface area contributed by atoms with E-state index >= 15 is 0 Å². The van der Waals surface area contributed by atoms with Crippen molar-refractivity contribution in [2.45, 2.75) is 120 Å². The van der Waals surface area contributed by atoms with Crippen LogP contribution in [0.25, 0.3) is 44.4 Å². The van der Waals surface area contributed by atoms with Crippen LogP contribution in [-0.4, -0.2) is 44.1 Å². The summed E-state index contributed by atoms with van der Waals surface area (Å²) in [4.78, 5) is 43.0. The molecule has 8 nitrogen and oxygen atoms in total. The van der Waals surface area contributed by atoms with Gasteiger partial charge in [-0.1, -0.05) is 13.8 Å². The molecule has 2 N–H and O–H groups in total. The molecule has 2 aliphatic heterocycles. The average Bonchev–Trinajstić information content (AvgIpc) is 3.67. The number of carbonyl (C=O) groups is 2. The van der Waals surface area contributed by atoms with Crippen molar-refractivity contribution < 1.29 is 19.1 Å². The van der Waals surface area contributed by atoms with E-state index in [4.69, 9.17) is 19.4 Å². The van der Waals surface area contributed by atoms with Crippen LogP contribution in [0, 0.1) is 13.8 Å². The smallest absolute Gasteiger partial charge is 0.306 e. The predicted octanol–water partition coefficient (Wildman–Crippen LogP) is 9.38. The molecule has 8 bridgehead atoms. The number of hydrogen-bond donors (Lipinski definition) is 2. The summed E-state index contributed by atoms with van der Waals surface area (Å²) in [6.45, 7) is 20.3. The fourth-order valence-corrected chi connectivity index (χ4v) is 6.86. The summed E-state index contributed by atoms with van der Waals surface area (Å²) < 4.78 is 10.9. The third-order valence-electron chi connectivity index (χ3n) is 9.40. The number of fused-ring (bicyclic) bond motifs is 8. The minimum atomic E-state index is -0.232. The van der Waals surface area contributed by atoms with Gasteiger partial charge in [-0.05, 0) is 150 Å². The van der Waals surface area contributed by atoms with Crippen molar-refractivity contribution in [2.24, 2.45) is 0 Å². The van der Waals surface area contributed by atoms with Gasteiger partial charge in [0.25, 0.3) is 0 Å². The van der Waals surface area contributed by atoms with Crippen LogP contribution in [0.1, 0.15) is 126 Å². The topological polar surface area (TPSA) is 110 Å². The highest BCUT2D eigenvalue weighted by Gasteiger charge is 2.23. The van der Waals surface area contributed by atoms with E-state index in [2.05, 4.69) is 69.7 Å². The number of allylic oxidation sites excluding steroid dienone is 4. The molecule has 0 saturated carbocycles. The summed E-state index contributed by atoms with van der Waals surface area (Å²) >= 11 is 0. The summed E-state index contributed by atoms with van der Waals surface area (Å²) in [5.74, 6) is -0.464. The van der Waals surface area contributed by atoms with E-state index in [1.54, 1.807) is 0 Å². The van der Waals surface area contributed by atoms with Crippen molar-refractivity contribution >= 4 is 56.3 Å². The van der Waals surface area contributed by atoms with E-state index in [1.807, 2.05) is 33.8 Å². The number of aromatic amines is 2. The predicted molar refractivity (Wildman–Crippen MR) is 195 cm³/mol. The Labute approximate surface area is 284 Å². The first-order valence-corrected chi connectivity index (χ1v) is 17.3. The van der Waals surface area contributed by atoms with Gasteiger partial charge in [0, 0.05) is 34.9 Å². The standard InChI is InChI=1S/C40H50N4O4/c1-11-27-23(7)31-17-32-25(9)29(13-15-39(45)47-21(3)4)37(43-32)20-38-30(14-16-40(46)48-22(5)6)26(10)34(44-38)19-36-28(12-2)24(8)33(42-36)18-35(27)41-31/h17-22,41-42H,11-16H2,1-10H3. The van der Waals surface area contributed by atoms with Crippen LogP contribution in [-0.2, 0) is 31.9 Å². The molecule has 0 atom stereocenters. The largest absolute Gasteiger partial charge is 0.463 e. The monoisotopic (exact) mass is 650 g/mol. The lowest BCUT2D eigenvalue weighted by Gasteiger charge is -2.10. The Hall–Kier alpha value is -4.46. The molecule has 48 heavy (non-hydrogen) atoms. The van der Waals surface area contributed by atoms with Gasteiger partial charge < -0.3 is 19.4 Å². The van der Waals surface area contributed by atoms with Gasteiger partial charge in [0.05, 0.1) is 35.0 Å².